The van der Waals surface area contributed by atoms with E-state index < -0.39 is 0 Å². The lowest BCUT2D eigenvalue weighted by atomic mass is 10.1. The third kappa shape index (κ3) is 2.49. The highest BCUT2D eigenvalue weighted by Gasteiger charge is 2.29. The van der Waals surface area contributed by atoms with Crippen LogP contribution in [0.2, 0.25) is 0 Å². The van der Waals surface area contributed by atoms with E-state index in [1.54, 1.807) is 0 Å². The summed E-state index contributed by atoms with van der Waals surface area (Å²) in [6.07, 6.45) is 0. The van der Waals surface area contributed by atoms with Gasteiger partial charge in [-0.2, -0.15) is 0 Å². The minimum Gasteiger partial charge on any atom is -0.462 e. The van der Waals surface area contributed by atoms with E-state index in [4.69, 9.17) is 10.5 Å². The molecule has 6 heteroatoms. The maximum Gasteiger partial charge on any atom is 0.350 e. The molecule has 0 saturated carbocycles. The molecule has 1 aromatic heterocycles. The number of rotatable bonds is 4. The molecule has 0 amide bonds. The first-order valence-electron chi connectivity index (χ1n) is 6.21. The van der Waals surface area contributed by atoms with Crippen LogP contribution in [0.4, 0.5) is 5.13 Å². The van der Waals surface area contributed by atoms with Crippen LogP contribution in [0.1, 0.15) is 42.1 Å². The van der Waals surface area contributed by atoms with Crippen molar-refractivity contribution < 1.29 is 9.53 Å². The first-order valence-corrected chi connectivity index (χ1v) is 7.03. The summed E-state index contributed by atoms with van der Waals surface area (Å²) in [6, 6.07) is 0.224. The summed E-state index contributed by atoms with van der Waals surface area (Å²) >= 11 is 1.41. The standard InChI is InChI=1S/C12H19N3O2S/c1-4-17-11(16)10-9(7(2)3)14-12(18-10)15-5-8(13)6-15/h7-8H,4-6,13H2,1-3H3. The summed E-state index contributed by atoms with van der Waals surface area (Å²) in [5.74, 6) is -0.0564. The Balaban J connectivity index is 2.24. The smallest absolute Gasteiger partial charge is 0.350 e. The van der Waals surface area contributed by atoms with Gasteiger partial charge in [0.05, 0.1) is 12.3 Å². The number of anilines is 1. The highest BCUT2D eigenvalue weighted by molar-refractivity contribution is 7.17. The van der Waals surface area contributed by atoms with E-state index in [0.29, 0.717) is 11.5 Å². The molecule has 18 heavy (non-hydrogen) atoms. The number of carbonyl (C=O) groups excluding carboxylic acids is 1. The Morgan fingerprint density at radius 3 is 2.78 bits per heavy atom. The predicted molar refractivity (Wildman–Crippen MR) is 72.3 cm³/mol. The number of thiazole rings is 1. The Morgan fingerprint density at radius 2 is 2.28 bits per heavy atom. The van der Waals surface area contributed by atoms with Crippen LogP contribution in [0.5, 0.6) is 0 Å². The molecule has 1 saturated heterocycles. The van der Waals surface area contributed by atoms with Crippen molar-refractivity contribution >= 4 is 22.4 Å². The molecule has 5 nitrogen and oxygen atoms in total. The summed E-state index contributed by atoms with van der Waals surface area (Å²) in [5, 5.41) is 0.878. The third-order valence-corrected chi connectivity index (χ3v) is 3.94. The van der Waals surface area contributed by atoms with Gasteiger partial charge < -0.3 is 15.4 Å². The molecule has 0 aliphatic carbocycles. The maximum absolute atomic E-state index is 11.9. The topological polar surface area (TPSA) is 68.5 Å². The molecule has 0 atom stereocenters. The number of nitrogens with zero attached hydrogens (tertiary/aromatic N) is 2. The normalized spacial score (nSPS) is 15.9. The van der Waals surface area contributed by atoms with Gasteiger partial charge in [-0.15, -0.1) is 0 Å². The van der Waals surface area contributed by atoms with Crippen LogP contribution >= 0.6 is 11.3 Å². The van der Waals surface area contributed by atoms with E-state index in [2.05, 4.69) is 9.88 Å². The SMILES string of the molecule is CCOC(=O)c1sc(N2CC(N)C2)nc1C(C)C. The van der Waals surface area contributed by atoms with Gasteiger partial charge in [-0.3, -0.25) is 0 Å². The number of hydrogen-bond donors (Lipinski definition) is 1. The largest absolute Gasteiger partial charge is 0.462 e. The monoisotopic (exact) mass is 269 g/mol. The Labute approximate surface area is 111 Å². The van der Waals surface area contributed by atoms with Gasteiger partial charge in [0.1, 0.15) is 4.88 Å². The summed E-state index contributed by atoms with van der Waals surface area (Å²) in [4.78, 5) is 19.2. The van der Waals surface area contributed by atoms with Crippen molar-refractivity contribution in [1.82, 2.24) is 4.98 Å². The zero-order chi connectivity index (χ0) is 13.3. The van der Waals surface area contributed by atoms with Crippen LogP contribution in [-0.2, 0) is 4.74 Å². The molecule has 2 rings (SSSR count). The Kier molecular flexibility index (Phi) is 3.87. The van der Waals surface area contributed by atoms with E-state index >= 15 is 0 Å². The lowest BCUT2D eigenvalue weighted by molar-refractivity contribution is 0.0530. The number of esters is 1. The molecule has 0 unspecified atom stereocenters. The highest BCUT2D eigenvalue weighted by atomic mass is 32.1. The van der Waals surface area contributed by atoms with Gasteiger partial charge >= 0.3 is 5.97 Å². The molecule has 100 valence electrons. The fraction of sp³-hybridized carbons (Fsp3) is 0.667. The molecule has 1 aliphatic rings. The van der Waals surface area contributed by atoms with Crippen LogP contribution in [0.15, 0.2) is 0 Å². The van der Waals surface area contributed by atoms with Gasteiger partial charge in [-0.05, 0) is 12.8 Å². The highest BCUT2D eigenvalue weighted by Crippen LogP contribution is 2.33. The number of hydrogen-bond acceptors (Lipinski definition) is 6. The zero-order valence-corrected chi connectivity index (χ0v) is 11.8. The lowest BCUT2D eigenvalue weighted by Gasteiger charge is -2.36. The molecule has 0 radical (unpaired) electrons. The van der Waals surface area contributed by atoms with E-state index in [-0.39, 0.29) is 17.9 Å². The molecule has 1 fully saturated rings. The second kappa shape index (κ2) is 5.24. The van der Waals surface area contributed by atoms with Crippen molar-refractivity contribution in [3.63, 3.8) is 0 Å². The summed E-state index contributed by atoms with van der Waals surface area (Å²) < 4.78 is 5.07. The first kappa shape index (κ1) is 13.3. The molecule has 0 bridgehead atoms. The van der Waals surface area contributed by atoms with Crippen molar-refractivity contribution in [3.8, 4) is 0 Å². The maximum atomic E-state index is 11.9. The van der Waals surface area contributed by atoms with E-state index in [1.165, 1.54) is 11.3 Å². The number of carbonyl (C=O) groups is 1. The van der Waals surface area contributed by atoms with Gasteiger partial charge in [-0.25, -0.2) is 9.78 Å². The van der Waals surface area contributed by atoms with Crippen LogP contribution in [0, 0.1) is 0 Å². The number of aromatic nitrogens is 1. The molecule has 2 heterocycles. The molecular weight excluding hydrogens is 250 g/mol. The van der Waals surface area contributed by atoms with Crippen molar-refractivity contribution in [1.29, 1.82) is 0 Å². The molecule has 2 N–H and O–H groups in total. The summed E-state index contributed by atoms with van der Waals surface area (Å²) in [6.45, 7) is 7.88. The summed E-state index contributed by atoms with van der Waals surface area (Å²) in [7, 11) is 0. The average Bonchev–Trinajstić information content (AvgIpc) is 2.69. The molecular formula is C12H19N3O2S. The Morgan fingerprint density at radius 1 is 1.61 bits per heavy atom. The summed E-state index contributed by atoms with van der Waals surface area (Å²) in [5.41, 5.74) is 6.59. The molecule has 0 spiro atoms. The second-order valence-corrected chi connectivity index (χ2v) is 5.73. The third-order valence-electron chi connectivity index (χ3n) is 2.83. The van der Waals surface area contributed by atoms with Gasteiger partial charge in [-0.1, -0.05) is 25.2 Å². The lowest BCUT2D eigenvalue weighted by Crippen LogP contribution is -2.55. The van der Waals surface area contributed by atoms with E-state index in [9.17, 15) is 4.79 Å². The quantitative estimate of drug-likeness (QED) is 0.841. The van der Waals surface area contributed by atoms with Gasteiger partial charge in [0.2, 0.25) is 0 Å². The average molecular weight is 269 g/mol. The van der Waals surface area contributed by atoms with E-state index in [0.717, 1.165) is 23.9 Å². The van der Waals surface area contributed by atoms with Gasteiger partial charge in [0, 0.05) is 19.1 Å². The number of nitrogens with two attached hydrogens (primary N) is 1. The number of ether oxygens (including phenoxy) is 1. The fourth-order valence-corrected chi connectivity index (χ4v) is 2.99. The van der Waals surface area contributed by atoms with E-state index in [1.807, 2.05) is 20.8 Å². The zero-order valence-electron chi connectivity index (χ0n) is 11.0. The van der Waals surface area contributed by atoms with Crippen LogP contribution < -0.4 is 10.6 Å². The molecule has 0 aromatic carbocycles. The van der Waals surface area contributed by atoms with Crippen molar-refractivity contribution in [3.05, 3.63) is 10.6 Å². The van der Waals surface area contributed by atoms with Gasteiger partial charge in [0.15, 0.2) is 5.13 Å². The Hall–Kier alpha value is -1.14. The minimum atomic E-state index is -0.269. The molecule has 1 aromatic rings. The predicted octanol–water partition coefficient (Wildman–Crippen LogP) is 1.59. The molecule has 1 aliphatic heterocycles. The van der Waals surface area contributed by atoms with Crippen LogP contribution in [0.25, 0.3) is 0 Å². The van der Waals surface area contributed by atoms with Crippen LogP contribution in [-0.4, -0.2) is 36.7 Å². The van der Waals surface area contributed by atoms with Gasteiger partial charge in [0.25, 0.3) is 0 Å². The fourth-order valence-electron chi connectivity index (χ4n) is 1.86. The van der Waals surface area contributed by atoms with Crippen molar-refractivity contribution in [2.45, 2.75) is 32.7 Å². The second-order valence-electron chi connectivity index (χ2n) is 4.75. The van der Waals surface area contributed by atoms with Crippen molar-refractivity contribution in [2.24, 2.45) is 5.73 Å². The van der Waals surface area contributed by atoms with Crippen molar-refractivity contribution in [2.75, 3.05) is 24.6 Å². The van der Waals surface area contributed by atoms with Crippen LogP contribution in [0.3, 0.4) is 0 Å². The Bertz CT molecular complexity index is 439. The minimum absolute atomic E-state index is 0.212. The first-order chi connectivity index (χ1) is 8.52.